The van der Waals surface area contributed by atoms with Gasteiger partial charge in [-0.25, -0.2) is 0 Å². The summed E-state index contributed by atoms with van der Waals surface area (Å²) >= 11 is 0. The maximum atomic E-state index is 11.9. The second-order valence-electron chi connectivity index (χ2n) is 4.86. The van der Waals surface area contributed by atoms with Crippen molar-refractivity contribution in [1.82, 2.24) is 0 Å². The van der Waals surface area contributed by atoms with Crippen LogP contribution in [0.25, 0.3) is 0 Å². The number of allylic oxidation sites excluding steroid dienone is 2. The summed E-state index contributed by atoms with van der Waals surface area (Å²) in [4.78, 5) is 11.9. The highest BCUT2D eigenvalue weighted by molar-refractivity contribution is 5.95. The van der Waals surface area contributed by atoms with Crippen molar-refractivity contribution in [2.24, 2.45) is 11.7 Å². The second-order valence-corrected chi connectivity index (χ2v) is 4.86. The van der Waals surface area contributed by atoms with Gasteiger partial charge in [0.15, 0.2) is 5.78 Å². The molecule has 2 N–H and O–H groups in total. The van der Waals surface area contributed by atoms with Gasteiger partial charge >= 0.3 is 0 Å². The lowest BCUT2D eigenvalue weighted by Crippen LogP contribution is -2.29. The molecule has 0 aliphatic heterocycles. The van der Waals surface area contributed by atoms with Crippen molar-refractivity contribution in [3.8, 4) is 0 Å². The minimum atomic E-state index is 0.0154. The zero-order valence-corrected chi connectivity index (χ0v) is 9.96. The van der Waals surface area contributed by atoms with Gasteiger partial charge in [0.2, 0.25) is 0 Å². The molecule has 0 spiro atoms. The molecule has 0 saturated carbocycles. The fraction of sp³-hybridized carbons (Fsp3) is 0.769. The Labute approximate surface area is 92.9 Å². The van der Waals surface area contributed by atoms with Crippen LogP contribution in [0.2, 0.25) is 0 Å². The molecule has 1 atom stereocenters. The van der Waals surface area contributed by atoms with Crippen molar-refractivity contribution in [2.45, 2.75) is 58.4 Å². The average molecular weight is 209 g/mol. The van der Waals surface area contributed by atoms with Gasteiger partial charge in [0, 0.05) is 12.5 Å². The van der Waals surface area contributed by atoms with E-state index in [0.717, 1.165) is 24.8 Å². The number of carbonyl (C=O) groups is 1. The van der Waals surface area contributed by atoms with Gasteiger partial charge in [0.25, 0.3) is 0 Å². The normalized spacial score (nSPS) is 19.6. The molecule has 0 aromatic rings. The monoisotopic (exact) mass is 209 g/mol. The Bertz CT molecular complexity index is 243. The van der Waals surface area contributed by atoms with Crippen LogP contribution in [0.15, 0.2) is 11.6 Å². The largest absolute Gasteiger partial charge is 0.327 e. The van der Waals surface area contributed by atoms with Crippen molar-refractivity contribution in [2.75, 3.05) is 0 Å². The third-order valence-electron chi connectivity index (χ3n) is 3.18. The third kappa shape index (κ3) is 4.17. The van der Waals surface area contributed by atoms with E-state index in [2.05, 4.69) is 19.9 Å². The van der Waals surface area contributed by atoms with Gasteiger partial charge in [-0.2, -0.15) is 0 Å². The zero-order valence-electron chi connectivity index (χ0n) is 9.96. The molecule has 1 aliphatic rings. The molecule has 1 aliphatic carbocycles. The van der Waals surface area contributed by atoms with E-state index in [1.165, 1.54) is 12.8 Å². The van der Waals surface area contributed by atoms with E-state index in [1.807, 2.05) is 0 Å². The lowest BCUT2D eigenvalue weighted by Gasteiger charge is -2.15. The van der Waals surface area contributed by atoms with Crippen molar-refractivity contribution in [3.63, 3.8) is 0 Å². The molecule has 2 heteroatoms. The summed E-state index contributed by atoms with van der Waals surface area (Å²) in [5.74, 6) is 0.665. The highest BCUT2D eigenvalue weighted by atomic mass is 16.1. The number of hydrogen-bond donors (Lipinski definition) is 1. The van der Waals surface area contributed by atoms with Crippen molar-refractivity contribution in [1.29, 1.82) is 0 Å². The van der Waals surface area contributed by atoms with Crippen LogP contribution in [0.4, 0.5) is 0 Å². The summed E-state index contributed by atoms with van der Waals surface area (Å²) in [7, 11) is 0. The first-order valence-electron chi connectivity index (χ1n) is 6.09. The molecule has 0 saturated heterocycles. The van der Waals surface area contributed by atoms with Crippen LogP contribution in [-0.4, -0.2) is 11.8 Å². The summed E-state index contributed by atoms with van der Waals surface area (Å²) in [6, 6.07) is 0.0154. The van der Waals surface area contributed by atoms with Gasteiger partial charge in [-0.15, -0.1) is 0 Å². The molecule has 0 aromatic heterocycles. The first kappa shape index (κ1) is 12.4. The quantitative estimate of drug-likeness (QED) is 0.773. The van der Waals surface area contributed by atoms with Gasteiger partial charge in [-0.1, -0.05) is 26.3 Å². The minimum Gasteiger partial charge on any atom is -0.327 e. The van der Waals surface area contributed by atoms with Gasteiger partial charge in [0.1, 0.15) is 0 Å². The van der Waals surface area contributed by atoms with Gasteiger partial charge in [-0.05, 0) is 37.2 Å². The molecule has 15 heavy (non-hydrogen) atoms. The minimum absolute atomic E-state index is 0.0154. The Hall–Kier alpha value is -0.630. The number of hydrogen-bond acceptors (Lipinski definition) is 2. The molecule has 86 valence electrons. The standard InChI is InChI=1S/C13H23NO/c1-10(2)12(14)9-13(15)11-7-5-3-4-6-8-11/h7,10,12H,3-6,8-9,14H2,1-2H3. The summed E-state index contributed by atoms with van der Waals surface area (Å²) in [6.07, 6.45) is 8.32. The lowest BCUT2D eigenvalue weighted by atomic mass is 9.95. The molecule has 0 amide bonds. The van der Waals surface area contributed by atoms with Crippen LogP contribution >= 0.6 is 0 Å². The van der Waals surface area contributed by atoms with E-state index in [-0.39, 0.29) is 11.8 Å². The zero-order chi connectivity index (χ0) is 11.3. The van der Waals surface area contributed by atoms with Gasteiger partial charge in [0.05, 0.1) is 0 Å². The molecule has 1 rings (SSSR count). The molecule has 0 radical (unpaired) electrons. The van der Waals surface area contributed by atoms with Crippen molar-refractivity contribution in [3.05, 3.63) is 11.6 Å². The van der Waals surface area contributed by atoms with Gasteiger partial charge in [-0.3, -0.25) is 4.79 Å². The Morgan fingerprint density at radius 1 is 1.40 bits per heavy atom. The van der Waals surface area contributed by atoms with E-state index >= 15 is 0 Å². The summed E-state index contributed by atoms with van der Waals surface area (Å²) in [6.45, 7) is 4.14. The maximum absolute atomic E-state index is 11.9. The second kappa shape index (κ2) is 6.06. The topological polar surface area (TPSA) is 43.1 Å². The smallest absolute Gasteiger partial charge is 0.160 e. The molecular weight excluding hydrogens is 186 g/mol. The van der Waals surface area contributed by atoms with Crippen molar-refractivity contribution >= 4 is 5.78 Å². The summed E-state index contributed by atoms with van der Waals surface area (Å²) < 4.78 is 0. The highest BCUT2D eigenvalue weighted by Gasteiger charge is 2.16. The van der Waals surface area contributed by atoms with Crippen LogP contribution in [0.1, 0.15) is 52.4 Å². The fourth-order valence-corrected chi connectivity index (χ4v) is 1.85. The first-order chi connectivity index (χ1) is 7.11. The molecule has 0 aromatic carbocycles. The average Bonchev–Trinajstić information content (AvgIpc) is 2.45. The van der Waals surface area contributed by atoms with E-state index in [4.69, 9.17) is 5.73 Å². The highest BCUT2D eigenvalue weighted by Crippen LogP contribution is 2.19. The van der Waals surface area contributed by atoms with Crippen LogP contribution in [0.5, 0.6) is 0 Å². The molecule has 2 nitrogen and oxygen atoms in total. The number of carbonyl (C=O) groups excluding carboxylic acids is 1. The lowest BCUT2D eigenvalue weighted by molar-refractivity contribution is -0.116. The maximum Gasteiger partial charge on any atom is 0.160 e. The SMILES string of the molecule is CC(C)C(N)CC(=O)C1=CCCCCC1. The molecule has 1 unspecified atom stereocenters. The van der Waals surface area contributed by atoms with Crippen LogP contribution in [0, 0.1) is 5.92 Å². The van der Waals surface area contributed by atoms with E-state index in [0.29, 0.717) is 12.3 Å². The summed E-state index contributed by atoms with van der Waals surface area (Å²) in [5, 5.41) is 0. The number of rotatable bonds is 4. The predicted molar refractivity (Wildman–Crippen MR) is 63.6 cm³/mol. The van der Waals surface area contributed by atoms with Crippen molar-refractivity contribution < 1.29 is 4.79 Å². The summed E-state index contributed by atoms with van der Waals surface area (Å²) in [5.41, 5.74) is 6.95. The van der Waals surface area contributed by atoms with E-state index in [9.17, 15) is 4.79 Å². The van der Waals surface area contributed by atoms with E-state index < -0.39 is 0 Å². The van der Waals surface area contributed by atoms with Crippen LogP contribution < -0.4 is 5.73 Å². The molecule has 0 bridgehead atoms. The fourth-order valence-electron chi connectivity index (χ4n) is 1.85. The number of nitrogens with two attached hydrogens (primary N) is 1. The van der Waals surface area contributed by atoms with Gasteiger partial charge < -0.3 is 5.73 Å². The first-order valence-corrected chi connectivity index (χ1v) is 6.09. The van der Waals surface area contributed by atoms with Crippen LogP contribution in [0.3, 0.4) is 0 Å². The Morgan fingerprint density at radius 3 is 2.80 bits per heavy atom. The predicted octanol–water partition coefficient (Wildman–Crippen LogP) is 2.82. The molecule has 0 fully saturated rings. The molecular formula is C13H23NO. The number of ketones is 1. The van der Waals surface area contributed by atoms with E-state index in [1.54, 1.807) is 0 Å². The Balaban J connectivity index is 2.48. The van der Waals surface area contributed by atoms with Crippen LogP contribution in [-0.2, 0) is 4.79 Å². The number of Topliss-reactive ketones (excluding diaryl/α,β-unsaturated/α-hetero) is 1. The third-order valence-corrected chi connectivity index (χ3v) is 3.18. The Morgan fingerprint density at radius 2 is 2.13 bits per heavy atom. The molecule has 0 heterocycles. The Kier molecular flexibility index (Phi) is 5.03.